The molecule has 0 aliphatic rings. The van der Waals surface area contributed by atoms with Crippen LogP contribution in [0.1, 0.15) is 32.8 Å². The molecule has 0 aliphatic carbocycles. The summed E-state index contributed by atoms with van der Waals surface area (Å²) < 4.78 is 5.09. The molecule has 104 valence electrons. The van der Waals surface area contributed by atoms with Gasteiger partial charge in [-0.3, -0.25) is 4.79 Å². The number of ether oxygens (including phenoxy) is 1. The minimum atomic E-state index is -0.963. The topological polar surface area (TPSA) is 75.6 Å². The second-order valence-corrected chi connectivity index (χ2v) is 5.24. The summed E-state index contributed by atoms with van der Waals surface area (Å²) in [5.41, 5.74) is 1.03. The van der Waals surface area contributed by atoms with Crippen LogP contribution in [0, 0.1) is 0 Å². The highest BCUT2D eigenvalue weighted by Gasteiger charge is 2.14. The summed E-state index contributed by atoms with van der Waals surface area (Å²) in [4.78, 5) is 21.7. The molecule has 1 aromatic rings. The van der Waals surface area contributed by atoms with E-state index in [0.717, 1.165) is 5.56 Å². The Bertz CT molecular complexity index is 463. The number of nitrogens with one attached hydrogen (secondary N) is 1. The summed E-state index contributed by atoms with van der Waals surface area (Å²) in [6, 6.07) is 7.28. The van der Waals surface area contributed by atoms with Crippen LogP contribution < -0.4 is 10.1 Å². The smallest absolute Gasteiger partial charge is 0.412 e. The first-order valence-corrected chi connectivity index (χ1v) is 6.07. The second kappa shape index (κ2) is 6.22. The number of amides is 1. The van der Waals surface area contributed by atoms with Crippen LogP contribution in [0.15, 0.2) is 24.3 Å². The molecular weight excluding hydrogens is 246 g/mol. The van der Waals surface area contributed by atoms with Gasteiger partial charge in [0.05, 0.1) is 6.42 Å². The van der Waals surface area contributed by atoms with Crippen molar-refractivity contribution in [1.82, 2.24) is 5.32 Å². The zero-order valence-corrected chi connectivity index (χ0v) is 11.4. The quantitative estimate of drug-likeness (QED) is 0.877. The highest BCUT2D eigenvalue weighted by molar-refractivity contribution is 5.72. The van der Waals surface area contributed by atoms with Gasteiger partial charge in [-0.05, 0) is 23.1 Å². The molecule has 0 spiro atoms. The van der Waals surface area contributed by atoms with Gasteiger partial charge in [-0.2, -0.15) is 0 Å². The van der Waals surface area contributed by atoms with E-state index >= 15 is 0 Å². The lowest BCUT2D eigenvalue weighted by atomic mass is 9.87. The molecule has 0 bridgehead atoms. The minimum absolute atomic E-state index is 0.0286. The molecule has 5 nitrogen and oxygen atoms in total. The van der Waals surface area contributed by atoms with E-state index in [1.54, 1.807) is 12.1 Å². The van der Waals surface area contributed by atoms with Gasteiger partial charge < -0.3 is 15.2 Å². The number of hydrogen-bond acceptors (Lipinski definition) is 3. The predicted octanol–water partition coefficient (Wildman–Crippen LogP) is 2.55. The van der Waals surface area contributed by atoms with Gasteiger partial charge >= 0.3 is 12.1 Å². The van der Waals surface area contributed by atoms with Gasteiger partial charge in [0.25, 0.3) is 0 Å². The van der Waals surface area contributed by atoms with Crippen LogP contribution in [0.25, 0.3) is 0 Å². The Labute approximate surface area is 112 Å². The molecule has 19 heavy (non-hydrogen) atoms. The fourth-order valence-electron chi connectivity index (χ4n) is 1.44. The number of carboxylic acid groups (broad SMARTS) is 1. The number of benzene rings is 1. The van der Waals surface area contributed by atoms with Gasteiger partial charge in [-0.15, -0.1) is 0 Å². The Hall–Kier alpha value is -2.04. The number of carbonyl (C=O) groups excluding carboxylic acids is 1. The van der Waals surface area contributed by atoms with Crippen LogP contribution in [0.5, 0.6) is 5.75 Å². The molecule has 1 amide bonds. The van der Waals surface area contributed by atoms with Gasteiger partial charge in [0.15, 0.2) is 0 Å². The van der Waals surface area contributed by atoms with E-state index in [9.17, 15) is 9.59 Å². The van der Waals surface area contributed by atoms with Crippen molar-refractivity contribution >= 4 is 12.1 Å². The van der Waals surface area contributed by atoms with Crippen molar-refractivity contribution in [3.63, 3.8) is 0 Å². The van der Waals surface area contributed by atoms with Crippen LogP contribution in [0.2, 0.25) is 0 Å². The number of aliphatic carboxylic acids is 1. The molecular formula is C14H19NO4. The summed E-state index contributed by atoms with van der Waals surface area (Å²) in [6.07, 6.45) is -0.774. The number of rotatable bonds is 4. The van der Waals surface area contributed by atoms with Crippen molar-refractivity contribution in [2.24, 2.45) is 0 Å². The maximum atomic E-state index is 11.4. The zero-order chi connectivity index (χ0) is 14.5. The molecule has 0 unspecified atom stereocenters. The molecule has 1 rings (SSSR count). The molecule has 5 heteroatoms. The van der Waals surface area contributed by atoms with Gasteiger partial charge in [0.2, 0.25) is 0 Å². The van der Waals surface area contributed by atoms with Crippen LogP contribution in [-0.4, -0.2) is 23.7 Å². The summed E-state index contributed by atoms with van der Waals surface area (Å²) in [5.74, 6) is -0.518. The maximum absolute atomic E-state index is 11.4. The number of carboxylic acids is 1. The van der Waals surface area contributed by atoms with Crippen molar-refractivity contribution in [3.05, 3.63) is 29.8 Å². The lowest BCUT2D eigenvalue weighted by Crippen LogP contribution is -2.29. The van der Waals surface area contributed by atoms with Gasteiger partial charge in [0.1, 0.15) is 5.75 Å². The first kappa shape index (κ1) is 15.0. The summed E-state index contributed by atoms with van der Waals surface area (Å²) in [6.45, 7) is 6.25. The number of hydrogen-bond donors (Lipinski definition) is 2. The lowest BCUT2D eigenvalue weighted by molar-refractivity contribution is -0.136. The van der Waals surface area contributed by atoms with Crippen LogP contribution >= 0.6 is 0 Å². The Morgan fingerprint density at radius 2 is 2.00 bits per heavy atom. The zero-order valence-electron chi connectivity index (χ0n) is 11.4. The Morgan fingerprint density at radius 1 is 1.32 bits per heavy atom. The minimum Gasteiger partial charge on any atom is -0.481 e. The van der Waals surface area contributed by atoms with E-state index < -0.39 is 12.1 Å². The largest absolute Gasteiger partial charge is 0.481 e. The standard InChI is InChI=1S/C14H19NO4/c1-14(2,3)10-5-4-6-11(9-10)19-13(18)15-8-7-12(16)17/h4-6,9H,7-8H2,1-3H3,(H,15,18)(H,16,17). The Morgan fingerprint density at radius 3 is 2.58 bits per heavy atom. The van der Waals surface area contributed by atoms with E-state index in [0.29, 0.717) is 5.75 Å². The first-order chi connectivity index (χ1) is 8.79. The Balaban J connectivity index is 2.57. The predicted molar refractivity (Wildman–Crippen MR) is 71.4 cm³/mol. The normalized spacial score (nSPS) is 10.9. The van der Waals surface area contributed by atoms with E-state index in [2.05, 4.69) is 26.1 Å². The van der Waals surface area contributed by atoms with Crippen molar-refractivity contribution in [2.75, 3.05) is 6.54 Å². The molecule has 0 heterocycles. The summed E-state index contributed by atoms with van der Waals surface area (Å²) >= 11 is 0. The van der Waals surface area contributed by atoms with Crippen molar-refractivity contribution in [1.29, 1.82) is 0 Å². The molecule has 0 aliphatic heterocycles. The monoisotopic (exact) mass is 265 g/mol. The highest BCUT2D eigenvalue weighted by Crippen LogP contribution is 2.25. The van der Waals surface area contributed by atoms with Crippen molar-refractivity contribution in [2.45, 2.75) is 32.6 Å². The summed E-state index contributed by atoms with van der Waals surface area (Å²) in [5, 5.41) is 10.8. The van der Waals surface area contributed by atoms with Crippen LogP contribution in [0.3, 0.4) is 0 Å². The molecule has 0 atom stereocenters. The van der Waals surface area contributed by atoms with Crippen molar-refractivity contribution in [3.8, 4) is 5.75 Å². The van der Waals surface area contributed by atoms with E-state index in [1.807, 2.05) is 12.1 Å². The molecule has 0 saturated carbocycles. The molecule has 1 aromatic carbocycles. The average Bonchev–Trinajstić information content (AvgIpc) is 2.27. The average molecular weight is 265 g/mol. The van der Waals surface area contributed by atoms with Gasteiger partial charge in [-0.25, -0.2) is 4.79 Å². The molecule has 0 radical (unpaired) electrons. The third-order valence-corrected chi connectivity index (χ3v) is 2.52. The fraction of sp³-hybridized carbons (Fsp3) is 0.429. The van der Waals surface area contributed by atoms with E-state index in [4.69, 9.17) is 9.84 Å². The third-order valence-electron chi connectivity index (χ3n) is 2.52. The third kappa shape index (κ3) is 5.42. The van der Waals surface area contributed by atoms with E-state index in [1.165, 1.54) is 0 Å². The SMILES string of the molecule is CC(C)(C)c1cccc(OC(=O)NCCC(=O)O)c1. The molecule has 2 N–H and O–H groups in total. The fourth-order valence-corrected chi connectivity index (χ4v) is 1.44. The van der Waals surface area contributed by atoms with E-state index in [-0.39, 0.29) is 18.4 Å². The Kier molecular flexibility index (Phi) is 4.92. The lowest BCUT2D eigenvalue weighted by Gasteiger charge is -2.19. The van der Waals surface area contributed by atoms with Gasteiger partial charge in [0, 0.05) is 6.54 Å². The van der Waals surface area contributed by atoms with Gasteiger partial charge in [-0.1, -0.05) is 32.9 Å². The van der Waals surface area contributed by atoms with Crippen molar-refractivity contribution < 1.29 is 19.4 Å². The maximum Gasteiger partial charge on any atom is 0.412 e. The molecule has 0 saturated heterocycles. The van der Waals surface area contributed by atoms with Crippen LogP contribution in [0.4, 0.5) is 4.79 Å². The first-order valence-electron chi connectivity index (χ1n) is 6.07. The number of carbonyl (C=O) groups is 2. The molecule has 0 aromatic heterocycles. The summed E-state index contributed by atoms with van der Waals surface area (Å²) in [7, 11) is 0. The van der Waals surface area contributed by atoms with Crippen LogP contribution in [-0.2, 0) is 10.2 Å². The highest BCUT2D eigenvalue weighted by atomic mass is 16.6. The second-order valence-electron chi connectivity index (χ2n) is 5.24. The molecule has 0 fully saturated rings.